The Balaban J connectivity index is 1.57. The lowest BCUT2D eigenvalue weighted by molar-refractivity contribution is -0.150. The predicted molar refractivity (Wildman–Crippen MR) is 150 cm³/mol. The van der Waals surface area contributed by atoms with Gasteiger partial charge in [0, 0.05) is 12.6 Å². The van der Waals surface area contributed by atoms with Gasteiger partial charge >= 0.3 is 25.6 Å². The quantitative estimate of drug-likeness (QED) is 0.229. The first-order valence-electron chi connectivity index (χ1n) is 13.3. The minimum atomic E-state index is -4.61. The third kappa shape index (κ3) is 7.86. The van der Waals surface area contributed by atoms with Gasteiger partial charge in [-0.05, 0) is 55.1 Å². The number of nitrogens with zero attached hydrogens (tertiary/aromatic N) is 1. The molecule has 4 atom stereocenters. The number of carbonyl (C=O) groups is 1. The van der Waals surface area contributed by atoms with Crippen LogP contribution in [0, 0.1) is 0 Å². The molecule has 43 heavy (non-hydrogen) atoms. The van der Waals surface area contributed by atoms with Crippen LogP contribution in [0.4, 0.5) is 13.2 Å². The Labute approximate surface area is 251 Å². The average molecular weight is 696 g/mol. The third-order valence-corrected chi connectivity index (χ3v) is 8.95. The van der Waals surface area contributed by atoms with Crippen molar-refractivity contribution in [3.05, 3.63) is 67.4 Å². The van der Waals surface area contributed by atoms with E-state index in [2.05, 4.69) is 26.0 Å². The maximum Gasteiger partial charge on any atom is 0.459 e. The number of carbonyl (C=O) groups excluding carboxylic acids is 1. The molecule has 0 spiro atoms. The number of aromatic nitrogens is 2. The molecule has 0 radical (unpaired) electrons. The molecule has 17 heteroatoms. The Morgan fingerprint density at radius 1 is 1.28 bits per heavy atom. The van der Waals surface area contributed by atoms with Crippen molar-refractivity contribution >= 4 is 35.7 Å². The number of aliphatic hydroxyl groups is 1. The largest absolute Gasteiger partial charge is 0.465 e. The van der Waals surface area contributed by atoms with E-state index < -0.39 is 67.3 Å². The van der Waals surface area contributed by atoms with Crippen LogP contribution in [0.15, 0.2) is 45.0 Å². The number of nitrogens with one attached hydrogen (secondary N) is 2. The molecule has 2 aromatic rings. The smallest absolute Gasteiger partial charge is 0.459 e. The molecule has 1 aromatic heterocycles. The number of alkyl halides is 3. The van der Waals surface area contributed by atoms with Gasteiger partial charge in [-0.15, -0.1) is 0 Å². The van der Waals surface area contributed by atoms with Gasteiger partial charge < -0.3 is 19.1 Å². The molecule has 0 bridgehead atoms. The van der Waals surface area contributed by atoms with Gasteiger partial charge in [0.25, 0.3) is 5.56 Å². The van der Waals surface area contributed by atoms with Crippen LogP contribution in [-0.2, 0) is 29.5 Å². The Bertz CT molecular complexity index is 1490. The molecule has 12 nitrogen and oxygen atoms in total. The summed E-state index contributed by atoms with van der Waals surface area (Å²) in [5.41, 5.74) is -3.69. The van der Waals surface area contributed by atoms with Crippen LogP contribution in [0.2, 0.25) is 0 Å². The number of hydrogen-bond acceptors (Lipinski definition) is 9. The van der Waals surface area contributed by atoms with Crippen molar-refractivity contribution in [2.75, 3.05) is 13.2 Å². The van der Waals surface area contributed by atoms with E-state index in [-0.39, 0.29) is 37.2 Å². The summed E-state index contributed by atoms with van der Waals surface area (Å²) < 4.78 is 76.6. The SMILES string of the molecule is CCOC(=O)C1(NP(=O)(OC[C@H]2O[C@@H](n3cc(/C=C/Br)c(=O)[nH]c3=O)C[C@@H]2O)Oc2ccc(C(F)(F)F)cc2)CCCC1. The summed E-state index contributed by atoms with van der Waals surface area (Å²) in [6.45, 7) is 1.10. The second-order valence-electron chi connectivity index (χ2n) is 10.0. The molecular formula is C26H30BrF3N3O9P. The number of ether oxygens (including phenoxy) is 2. The summed E-state index contributed by atoms with van der Waals surface area (Å²) >= 11 is 3.06. The maximum atomic E-state index is 14.1. The predicted octanol–water partition coefficient (Wildman–Crippen LogP) is 4.24. The summed E-state index contributed by atoms with van der Waals surface area (Å²) in [6.07, 6.45) is -3.78. The first-order chi connectivity index (χ1) is 20.3. The summed E-state index contributed by atoms with van der Waals surface area (Å²) in [7, 11) is -4.55. The highest BCUT2D eigenvalue weighted by Crippen LogP contribution is 2.50. The van der Waals surface area contributed by atoms with Gasteiger partial charge in [0.1, 0.15) is 23.6 Å². The van der Waals surface area contributed by atoms with Crippen LogP contribution in [0.25, 0.3) is 6.08 Å². The summed E-state index contributed by atoms with van der Waals surface area (Å²) in [5, 5.41) is 13.4. The molecule has 1 aliphatic carbocycles. The molecular weight excluding hydrogens is 666 g/mol. The lowest BCUT2D eigenvalue weighted by Crippen LogP contribution is -2.50. The van der Waals surface area contributed by atoms with Crippen molar-refractivity contribution in [3.8, 4) is 5.75 Å². The zero-order chi connectivity index (χ0) is 31.4. The molecule has 0 amide bonds. The second kappa shape index (κ2) is 13.5. The first kappa shape index (κ1) is 33.1. The molecule has 3 N–H and O–H groups in total. The lowest BCUT2D eigenvalue weighted by Gasteiger charge is -2.32. The Kier molecular flexibility index (Phi) is 10.4. The number of aliphatic hydroxyl groups excluding tert-OH is 1. The number of H-pyrrole nitrogens is 1. The highest BCUT2D eigenvalue weighted by Gasteiger charge is 2.50. The van der Waals surface area contributed by atoms with E-state index in [1.807, 2.05) is 0 Å². The third-order valence-electron chi connectivity index (χ3n) is 7.04. The normalized spacial score (nSPS) is 23.3. The van der Waals surface area contributed by atoms with E-state index in [1.54, 1.807) is 6.92 Å². The van der Waals surface area contributed by atoms with Crippen molar-refractivity contribution in [1.82, 2.24) is 14.6 Å². The van der Waals surface area contributed by atoms with E-state index >= 15 is 0 Å². The van der Waals surface area contributed by atoms with Crippen molar-refractivity contribution in [2.45, 2.75) is 69.2 Å². The highest BCUT2D eigenvalue weighted by atomic mass is 79.9. The molecule has 1 aromatic carbocycles. The standard InChI is InChI=1S/C26H30BrF3N3O9P/c1-2-39-23(36)25(10-3-4-11-25)32-43(38,42-18-7-5-17(6-8-18)26(28,29)30)40-15-20-19(34)13-21(41-20)33-14-16(9-12-27)22(35)31-24(33)37/h5-9,12,14,19-21,34H,2-4,10-11,13,15H2,1H3,(H,32,38)(H,31,35,37)/b12-9+/t19-,20+,21+,43?/m0/s1. The summed E-state index contributed by atoms with van der Waals surface area (Å²) in [5.74, 6) is -0.922. The molecule has 1 unspecified atom stereocenters. The monoisotopic (exact) mass is 695 g/mol. The van der Waals surface area contributed by atoms with Crippen LogP contribution >= 0.6 is 23.7 Å². The maximum absolute atomic E-state index is 14.1. The minimum absolute atomic E-state index is 0.0495. The fourth-order valence-electron chi connectivity index (χ4n) is 4.91. The van der Waals surface area contributed by atoms with Crippen LogP contribution < -0.4 is 20.9 Å². The molecule has 4 rings (SSSR count). The molecule has 2 aliphatic rings. The first-order valence-corrected chi connectivity index (χ1v) is 15.8. The highest BCUT2D eigenvalue weighted by molar-refractivity contribution is 9.11. The molecule has 236 valence electrons. The number of benzene rings is 1. The van der Waals surface area contributed by atoms with Gasteiger partial charge in [-0.25, -0.2) is 9.36 Å². The van der Waals surface area contributed by atoms with Crippen molar-refractivity contribution in [3.63, 3.8) is 0 Å². The van der Waals surface area contributed by atoms with E-state index in [9.17, 15) is 37.2 Å². The topological polar surface area (TPSA) is 158 Å². The lowest BCUT2D eigenvalue weighted by atomic mass is 10.00. The van der Waals surface area contributed by atoms with E-state index in [0.717, 1.165) is 28.8 Å². The van der Waals surface area contributed by atoms with E-state index in [1.165, 1.54) is 17.3 Å². The zero-order valence-corrected chi connectivity index (χ0v) is 25.3. The number of rotatable bonds is 11. The Morgan fingerprint density at radius 2 is 1.95 bits per heavy atom. The Hall–Kier alpha value is -2.75. The van der Waals surface area contributed by atoms with Gasteiger partial charge in [-0.3, -0.25) is 23.7 Å². The van der Waals surface area contributed by atoms with Gasteiger partial charge in [0.05, 0.1) is 30.4 Å². The number of hydrogen-bond donors (Lipinski definition) is 3. The van der Waals surface area contributed by atoms with Gasteiger partial charge in [-0.2, -0.15) is 18.3 Å². The van der Waals surface area contributed by atoms with Crippen molar-refractivity contribution in [1.29, 1.82) is 0 Å². The number of halogens is 4. The van der Waals surface area contributed by atoms with Gasteiger partial charge in [-0.1, -0.05) is 28.8 Å². The van der Waals surface area contributed by atoms with E-state index in [4.69, 9.17) is 18.5 Å². The second-order valence-corrected chi connectivity index (χ2v) is 12.2. The molecule has 2 fully saturated rings. The number of aromatic amines is 1. The molecule has 1 saturated carbocycles. The van der Waals surface area contributed by atoms with E-state index in [0.29, 0.717) is 12.8 Å². The van der Waals surface area contributed by atoms with Crippen LogP contribution in [0.1, 0.15) is 56.4 Å². The van der Waals surface area contributed by atoms with Crippen LogP contribution in [0.5, 0.6) is 5.75 Å². The van der Waals surface area contributed by atoms with Crippen LogP contribution in [0.3, 0.4) is 0 Å². The summed E-state index contributed by atoms with van der Waals surface area (Å²) in [6, 6.07) is 3.41. The van der Waals surface area contributed by atoms with Crippen molar-refractivity contribution < 1.29 is 46.2 Å². The molecule has 2 heterocycles. The number of esters is 1. The minimum Gasteiger partial charge on any atom is -0.465 e. The molecule has 1 saturated heterocycles. The fourth-order valence-corrected chi connectivity index (χ4v) is 6.93. The zero-order valence-electron chi connectivity index (χ0n) is 22.8. The summed E-state index contributed by atoms with van der Waals surface area (Å²) in [4.78, 5) is 41.0. The molecule has 1 aliphatic heterocycles. The van der Waals surface area contributed by atoms with Crippen molar-refractivity contribution in [2.24, 2.45) is 0 Å². The average Bonchev–Trinajstić information content (AvgIpc) is 3.56. The Morgan fingerprint density at radius 3 is 2.56 bits per heavy atom. The van der Waals surface area contributed by atoms with Gasteiger partial charge in [0.2, 0.25) is 0 Å². The fraction of sp³-hybridized carbons (Fsp3) is 0.500. The van der Waals surface area contributed by atoms with Gasteiger partial charge in [0.15, 0.2) is 0 Å². The van der Waals surface area contributed by atoms with Crippen LogP contribution in [-0.4, -0.2) is 51.6 Å².